The molecule has 26 heavy (non-hydrogen) atoms. The Morgan fingerprint density at radius 3 is 2.58 bits per heavy atom. The lowest BCUT2D eigenvalue weighted by atomic mass is 10.2. The third-order valence-electron chi connectivity index (χ3n) is 3.40. The van der Waals surface area contributed by atoms with Crippen LogP contribution in [0, 0.1) is 0 Å². The van der Waals surface area contributed by atoms with Gasteiger partial charge in [-0.1, -0.05) is 5.16 Å². The Kier molecular flexibility index (Phi) is 7.13. The Balaban J connectivity index is 1.75. The molecule has 2 rings (SSSR count). The van der Waals surface area contributed by atoms with Gasteiger partial charge in [0.25, 0.3) is 0 Å². The molecule has 0 aliphatic carbocycles. The van der Waals surface area contributed by atoms with Crippen molar-refractivity contribution >= 4 is 11.9 Å². The van der Waals surface area contributed by atoms with E-state index in [1.807, 2.05) is 24.3 Å². The first-order valence-corrected chi connectivity index (χ1v) is 8.41. The topological polar surface area (TPSA) is 104 Å². The van der Waals surface area contributed by atoms with E-state index in [4.69, 9.17) is 14.0 Å². The number of esters is 1. The van der Waals surface area contributed by atoms with Crippen LogP contribution in [0.4, 0.5) is 0 Å². The highest BCUT2D eigenvalue weighted by atomic mass is 16.5. The average molecular weight is 361 g/mol. The first-order valence-electron chi connectivity index (χ1n) is 8.41. The minimum Gasteiger partial charge on any atom is -0.497 e. The quantitative estimate of drug-likeness (QED) is 0.682. The summed E-state index contributed by atoms with van der Waals surface area (Å²) in [5, 5.41) is 6.58. The normalized spacial score (nSPS) is 10.6. The number of carbonyl (C=O) groups excluding carboxylic acids is 2. The smallest absolute Gasteiger partial charge is 0.307 e. The molecule has 0 spiro atoms. The van der Waals surface area contributed by atoms with Crippen LogP contribution in [0.2, 0.25) is 0 Å². The van der Waals surface area contributed by atoms with Gasteiger partial charge in [0.2, 0.25) is 17.6 Å². The highest BCUT2D eigenvalue weighted by molar-refractivity contribution is 5.77. The highest BCUT2D eigenvalue weighted by Crippen LogP contribution is 2.19. The summed E-state index contributed by atoms with van der Waals surface area (Å²) in [7, 11) is 1.60. The first kappa shape index (κ1) is 19.4. The lowest BCUT2D eigenvalue weighted by molar-refractivity contribution is -0.147. The van der Waals surface area contributed by atoms with Crippen molar-refractivity contribution in [3.63, 3.8) is 0 Å². The molecule has 8 nitrogen and oxygen atoms in total. The summed E-state index contributed by atoms with van der Waals surface area (Å²) in [6.07, 6.45) is 0.511. The summed E-state index contributed by atoms with van der Waals surface area (Å²) in [6, 6.07) is 7.28. The van der Waals surface area contributed by atoms with E-state index in [9.17, 15) is 9.59 Å². The third kappa shape index (κ3) is 6.19. The Bertz CT molecular complexity index is 725. The number of hydrogen-bond acceptors (Lipinski definition) is 7. The maximum atomic E-state index is 11.8. The van der Waals surface area contributed by atoms with Crippen molar-refractivity contribution in [3.05, 3.63) is 30.2 Å². The van der Waals surface area contributed by atoms with E-state index in [-0.39, 0.29) is 37.4 Å². The zero-order chi connectivity index (χ0) is 18.9. The molecule has 140 valence electrons. The second kappa shape index (κ2) is 9.55. The van der Waals surface area contributed by atoms with E-state index < -0.39 is 0 Å². The molecule has 2 aromatic rings. The minimum atomic E-state index is -0.332. The van der Waals surface area contributed by atoms with Gasteiger partial charge in [0.1, 0.15) is 5.75 Å². The van der Waals surface area contributed by atoms with Crippen molar-refractivity contribution in [2.24, 2.45) is 0 Å². The van der Waals surface area contributed by atoms with Crippen molar-refractivity contribution in [3.8, 4) is 17.1 Å². The number of nitrogens with one attached hydrogen (secondary N) is 1. The van der Waals surface area contributed by atoms with Crippen molar-refractivity contribution < 1.29 is 23.6 Å². The van der Waals surface area contributed by atoms with Gasteiger partial charge in [-0.25, -0.2) is 0 Å². The molecular formula is C18H23N3O5. The number of benzene rings is 1. The zero-order valence-corrected chi connectivity index (χ0v) is 15.2. The SMILES string of the molecule is COc1ccc(-c2noc(CCC(=O)NCCC(=O)OC(C)C)n2)cc1. The fourth-order valence-electron chi connectivity index (χ4n) is 2.15. The van der Waals surface area contributed by atoms with Gasteiger partial charge in [-0.3, -0.25) is 9.59 Å². The predicted molar refractivity (Wildman–Crippen MR) is 93.5 cm³/mol. The Hall–Kier alpha value is -2.90. The lowest BCUT2D eigenvalue weighted by Crippen LogP contribution is -2.27. The van der Waals surface area contributed by atoms with Gasteiger partial charge in [-0.05, 0) is 38.1 Å². The number of hydrogen-bond donors (Lipinski definition) is 1. The van der Waals surface area contributed by atoms with Crippen LogP contribution in [0.25, 0.3) is 11.4 Å². The number of amides is 1. The van der Waals surface area contributed by atoms with Gasteiger partial charge in [-0.2, -0.15) is 4.98 Å². The van der Waals surface area contributed by atoms with Gasteiger partial charge in [-0.15, -0.1) is 0 Å². The number of aromatic nitrogens is 2. The molecular weight excluding hydrogens is 338 g/mol. The second-order valence-corrected chi connectivity index (χ2v) is 5.88. The number of ether oxygens (including phenoxy) is 2. The van der Waals surface area contributed by atoms with E-state index in [1.165, 1.54) is 0 Å². The van der Waals surface area contributed by atoms with Gasteiger partial charge < -0.3 is 19.3 Å². The molecule has 0 saturated heterocycles. The summed E-state index contributed by atoms with van der Waals surface area (Å²) in [5.41, 5.74) is 0.800. The van der Waals surface area contributed by atoms with Crippen LogP contribution in [-0.4, -0.2) is 41.8 Å². The largest absolute Gasteiger partial charge is 0.497 e. The molecule has 0 aliphatic rings. The number of rotatable bonds is 9. The third-order valence-corrected chi connectivity index (χ3v) is 3.40. The Labute approximate surface area is 151 Å². The number of aryl methyl sites for hydroxylation is 1. The van der Waals surface area contributed by atoms with Gasteiger partial charge in [0.05, 0.1) is 19.6 Å². The molecule has 0 saturated carbocycles. The van der Waals surface area contributed by atoms with Crippen LogP contribution >= 0.6 is 0 Å². The number of methoxy groups -OCH3 is 1. The van der Waals surface area contributed by atoms with Crippen LogP contribution in [-0.2, 0) is 20.7 Å². The van der Waals surface area contributed by atoms with E-state index in [1.54, 1.807) is 21.0 Å². The Morgan fingerprint density at radius 2 is 1.92 bits per heavy atom. The summed E-state index contributed by atoms with van der Waals surface area (Å²) >= 11 is 0. The van der Waals surface area contributed by atoms with E-state index >= 15 is 0 Å². The molecule has 8 heteroatoms. The number of carbonyl (C=O) groups is 2. The van der Waals surface area contributed by atoms with Crippen LogP contribution in [0.3, 0.4) is 0 Å². The van der Waals surface area contributed by atoms with Crippen molar-refractivity contribution in [2.75, 3.05) is 13.7 Å². The van der Waals surface area contributed by atoms with Gasteiger partial charge >= 0.3 is 5.97 Å². The van der Waals surface area contributed by atoms with Gasteiger partial charge in [0, 0.05) is 24.9 Å². The average Bonchev–Trinajstić information content (AvgIpc) is 3.08. The molecule has 1 aromatic heterocycles. The van der Waals surface area contributed by atoms with E-state index in [2.05, 4.69) is 15.5 Å². The second-order valence-electron chi connectivity index (χ2n) is 5.88. The van der Waals surface area contributed by atoms with E-state index in [0.29, 0.717) is 18.1 Å². The fraction of sp³-hybridized carbons (Fsp3) is 0.444. The molecule has 0 radical (unpaired) electrons. The maximum absolute atomic E-state index is 11.8. The predicted octanol–water partition coefficient (Wildman–Crippen LogP) is 2.14. The van der Waals surface area contributed by atoms with Crippen LogP contribution in [0.15, 0.2) is 28.8 Å². The summed E-state index contributed by atoms with van der Waals surface area (Å²) < 4.78 is 15.3. The Morgan fingerprint density at radius 1 is 1.19 bits per heavy atom. The molecule has 0 fully saturated rings. The van der Waals surface area contributed by atoms with Crippen molar-refractivity contribution in [1.29, 1.82) is 0 Å². The van der Waals surface area contributed by atoms with Crippen LogP contribution in [0.1, 0.15) is 32.6 Å². The standard InChI is InChI=1S/C18H23N3O5/c1-12(2)25-17(23)10-11-19-15(22)8-9-16-20-18(21-26-16)13-4-6-14(24-3)7-5-13/h4-7,12H,8-11H2,1-3H3,(H,19,22). The molecule has 0 aliphatic heterocycles. The van der Waals surface area contributed by atoms with Crippen molar-refractivity contribution in [1.82, 2.24) is 15.5 Å². The molecule has 0 atom stereocenters. The molecule has 1 heterocycles. The zero-order valence-electron chi connectivity index (χ0n) is 15.2. The molecule has 1 aromatic carbocycles. The van der Waals surface area contributed by atoms with Gasteiger partial charge in [0.15, 0.2) is 0 Å². The monoisotopic (exact) mass is 361 g/mol. The molecule has 0 unspecified atom stereocenters. The first-order chi connectivity index (χ1) is 12.5. The number of nitrogens with zero attached hydrogens (tertiary/aromatic N) is 2. The van der Waals surface area contributed by atoms with E-state index in [0.717, 1.165) is 11.3 Å². The molecule has 0 bridgehead atoms. The van der Waals surface area contributed by atoms with Crippen LogP contribution in [0.5, 0.6) is 5.75 Å². The maximum Gasteiger partial charge on any atom is 0.307 e. The van der Waals surface area contributed by atoms with Crippen molar-refractivity contribution in [2.45, 2.75) is 39.2 Å². The van der Waals surface area contributed by atoms with Crippen LogP contribution < -0.4 is 10.1 Å². The minimum absolute atomic E-state index is 0.145. The summed E-state index contributed by atoms with van der Waals surface area (Å²) in [4.78, 5) is 27.5. The summed E-state index contributed by atoms with van der Waals surface area (Å²) in [5.74, 6) is 1.06. The lowest BCUT2D eigenvalue weighted by Gasteiger charge is -2.08. The highest BCUT2D eigenvalue weighted by Gasteiger charge is 2.11. The summed E-state index contributed by atoms with van der Waals surface area (Å²) in [6.45, 7) is 3.80. The fourth-order valence-corrected chi connectivity index (χ4v) is 2.15. The molecule has 1 N–H and O–H groups in total. The molecule has 1 amide bonds.